The van der Waals surface area contributed by atoms with Gasteiger partial charge in [0.25, 0.3) is 5.91 Å². The van der Waals surface area contributed by atoms with E-state index in [0.717, 1.165) is 21.4 Å². The van der Waals surface area contributed by atoms with Crippen LogP contribution in [0.3, 0.4) is 0 Å². The second kappa shape index (κ2) is 6.36. The summed E-state index contributed by atoms with van der Waals surface area (Å²) in [6.07, 6.45) is 0.346. The lowest BCUT2D eigenvalue weighted by molar-refractivity contribution is -0.117. The molecular formula is C20H22N2OS. The van der Waals surface area contributed by atoms with Crippen molar-refractivity contribution in [3.8, 4) is 0 Å². The predicted octanol–water partition coefficient (Wildman–Crippen LogP) is 4.14. The van der Waals surface area contributed by atoms with E-state index in [0.29, 0.717) is 6.42 Å². The highest BCUT2D eigenvalue weighted by Crippen LogP contribution is 2.22. The second-order valence-corrected chi connectivity index (χ2v) is 7.46. The topological polar surface area (TPSA) is 34.4 Å². The Kier molecular flexibility index (Phi) is 4.41. The van der Waals surface area contributed by atoms with E-state index in [2.05, 4.69) is 44.0 Å². The number of carbonyl (C=O) groups is 1. The second-order valence-electron chi connectivity index (χ2n) is 6.49. The van der Waals surface area contributed by atoms with Gasteiger partial charge >= 0.3 is 0 Å². The van der Waals surface area contributed by atoms with E-state index in [1.807, 2.05) is 30.7 Å². The van der Waals surface area contributed by atoms with E-state index in [9.17, 15) is 4.79 Å². The van der Waals surface area contributed by atoms with Crippen molar-refractivity contribution in [3.63, 3.8) is 0 Å². The molecule has 2 aromatic carbocycles. The molecule has 3 rings (SSSR count). The highest BCUT2D eigenvalue weighted by atomic mass is 32.1. The molecule has 0 aliphatic heterocycles. The quantitative estimate of drug-likeness (QED) is 0.691. The molecule has 0 N–H and O–H groups in total. The van der Waals surface area contributed by atoms with Crippen LogP contribution < -0.4 is 4.80 Å². The summed E-state index contributed by atoms with van der Waals surface area (Å²) in [5.41, 5.74) is 6.99. The molecule has 4 heteroatoms. The summed E-state index contributed by atoms with van der Waals surface area (Å²) >= 11 is 1.58. The van der Waals surface area contributed by atoms with Crippen molar-refractivity contribution in [2.45, 2.75) is 34.1 Å². The van der Waals surface area contributed by atoms with E-state index in [1.54, 1.807) is 11.3 Å². The Morgan fingerprint density at radius 1 is 1.04 bits per heavy atom. The first kappa shape index (κ1) is 16.7. The van der Waals surface area contributed by atoms with Crippen LogP contribution in [0.4, 0.5) is 0 Å². The Morgan fingerprint density at radius 2 is 1.75 bits per heavy atom. The zero-order chi connectivity index (χ0) is 17.4. The van der Waals surface area contributed by atoms with Crippen molar-refractivity contribution in [2.75, 3.05) is 0 Å². The Morgan fingerprint density at radius 3 is 2.46 bits per heavy atom. The van der Waals surface area contributed by atoms with Gasteiger partial charge in [-0.15, -0.1) is 0 Å². The van der Waals surface area contributed by atoms with Crippen LogP contribution >= 0.6 is 11.3 Å². The third-order valence-electron chi connectivity index (χ3n) is 4.30. The predicted molar refractivity (Wildman–Crippen MR) is 100 cm³/mol. The molecule has 24 heavy (non-hydrogen) atoms. The van der Waals surface area contributed by atoms with Crippen molar-refractivity contribution in [3.05, 3.63) is 63.0 Å². The fourth-order valence-electron chi connectivity index (χ4n) is 3.03. The Balaban J connectivity index is 1.99. The number of carbonyl (C=O) groups excluding carboxylic acids is 1. The van der Waals surface area contributed by atoms with Gasteiger partial charge in [0, 0.05) is 7.05 Å². The largest absolute Gasteiger partial charge is 0.319 e. The molecule has 0 radical (unpaired) electrons. The van der Waals surface area contributed by atoms with Crippen LogP contribution in [0.15, 0.2) is 35.3 Å². The number of benzene rings is 2. The minimum atomic E-state index is -0.0986. The number of rotatable bonds is 2. The lowest BCUT2D eigenvalue weighted by atomic mass is 10.0. The molecule has 3 nitrogen and oxygen atoms in total. The van der Waals surface area contributed by atoms with Gasteiger partial charge in [0.1, 0.15) is 0 Å². The van der Waals surface area contributed by atoms with Gasteiger partial charge in [-0.2, -0.15) is 4.99 Å². The van der Waals surface area contributed by atoms with Gasteiger partial charge in [0.15, 0.2) is 4.80 Å². The minimum Gasteiger partial charge on any atom is -0.319 e. The molecule has 3 aromatic rings. The Hall–Kier alpha value is -2.20. The highest BCUT2D eigenvalue weighted by molar-refractivity contribution is 7.16. The first-order valence-electron chi connectivity index (χ1n) is 8.05. The number of hydrogen-bond donors (Lipinski definition) is 0. The lowest BCUT2D eigenvalue weighted by Gasteiger charge is -2.04. The minimum absolute atomic E-state index is 0.0986. The summed E-state index contributed by atoms with van der Waals surface area (Å²) in [7, 11) is 1.97. The molecular weight excluding hydrogens is 316 g/mol. The van der Waals surface area contributed by atoms with Crippen LogP contribution in [0.5, 0.6) is 0 Å². The SMILES string of the molecule is Cc1ccc(CC(=O)N=c2sc3c(C)cc(C)cc3n2C)c(C)c1. The summed E-state index contributed by atoms with van der Waals surface area (Å²) in [5.74, 6) is -0.0986. The van der Waals surface area contributed by atoms with E-state index >= 15 is 0 Å². The zero-order valence-electron chi connectivity index (χ0n) is 14.8. The number of aryl methyl sites for hydroxylation is 5. The third-order valence-corrected chi connectivity index (χ3v) is 5.58. The van der Waals surface area contributed by atoms with Gasteiger partial charge in [-0.05, 0) is 56.0 Å². The number of fused-ring (bicyclic) bond motifs is 1. The summed E-state index contributed by atoms with van der Waals surface area (Å²) in [6.45, 7) is 8.30. The molecule has 0 spiro atoms. The molecule has 0 aliphatic carbocycles. The van der Waals surface area contributed by atoms with Gasteiger partial charge in [-0.25, -0.2) is 0 Å². The number of thiazole rings is 1. The normalized spacial score (nSPS) is 12.1. The molecule has 0 atom stereocenters. The maximum atomic E-state index is 12.4. The molecule has 0 saturated carbocycles. The first-order valence-corrected chi connectivity index (χ1v) is 8.87. The maximum absolute atomic E-state index is 12.4. The molecule has 1 amide bonds. The summed E-state index contributed by atoms with van der Waals surface area (Å²) < 4.78 is 3.21. The number of hydrogen-bond acceptors (Lipinski definition) is 2. The third kappa shape index (κ3) is 3.20. The molecule has 0 fully saturated rings. The van der Waals surface area contributed by atoms with Gasteiger partial charge in [-0.1, -0.05) is 41.2 Å². The average Bonchev–Trinajstić information content (AvgIpc) is 2.80. The van der Waals surface area contributed by atoms with E-state index in [1.165, 1.54) is 21.4 Å². The molecule has 0 saturated heterocycles. The van der Waals surface area contributed by atoms with Crippen molar-refractivity contribution < 1.29 is 4.79 Å². The lowest BCUT2D eigenvalue weighted by Crippen LogP contribution is -2.14. The van der Waals surface area contributed by atoms with Gasteiger partial charge in [0.05, 0.1) is 16.6 Å². The molecule has 0 bridgehead atoms. The van der Waals surface area contributed by atoms with Crippen LogP contribution in [0.25, 0.3) is 10.2 Å². The van der Waals surface area contributed by atoms with Gasteiger partial charge in [0.2, 0.25) is 0 Å². The number of aromatic nitrogens is 1. The van der Waals surface area contributed by atoms with E-state index in [-0.39, 0.29) is 5.91 Å². The molecule has 1 heterocycles. The van der Waals surface area contributed by atoms with Crippen molar-refractivity contribution in [1.29, 1.82) is 0 Å². The molecule has 124 valence electrons. The fraction of sp³-hybridized carbons (Fsp3) is 0.300. The number of amides is 1. The highest BCUT2D eigenvalue weighted by Gasteiger charge is 2.09. The fourth-order valence-corrected chi connectivity index (χ4v) is 4.11. The molecule has 0 aliphatic rings. The van der Waals surface area contributed by atoms with Crippen molar-refractivity contribution >= 4 is 27.5 Å². The van der Waals surface area contributed by atoms with Crippen LogP contribution in [-0.4, -0.2) is 10.5 Å². The zero-order valence-corrected chi connectivity index (χ0v) is 15.6. The van der Waals surface area contributed by atoms with E-state index < -0.39 is 0 Å². The maximum Gasteiger partial charge on any atom is 0.252 e. The van der Waals surface area contributed by atoms with Crippen LogP contribution in [0.1, 0.15) is 27.8 Å². The standard InChI is InChI=1S/C20H22N2OS/c1-12-6-7-16(14(3)8-12)11-18(23)21-20-22(5)17-10-13(2)9-15(4)19(17)24-20/h6-10H,11H2,1-5H3. The van der Waals surface area contributed by atoms with Crippen LogP contribution in [0, 0.1) is 27.7 Å². The summed E-state index contributed by atoms with van der Waals surface area (Å²) in [4.78, 5) is 17.6. The van der Waals surface area contributed by atoms with Crippen LogP contribution in [-0.2, 0) is 18.3 Å². The summed E-state index contributed by atoms with van der Waals surface area (Å²) in [5, 5.41) is 0. The van der Waals surface area contributed by atoms with Gasteiger partial charge < -0.3 is 4.57 Å². The number of nitrogens with zero attached hydrogens (tertiary/aromatic N) is 2. The Bertz CT molecular complexity index is 1010. The van der Waals surface area contributed by atoms with Crippen molar-refractivity contribution in [2.24, 2.45) is 12.0 Å². The van der Waals surface area contributed by atoms with Crippen molar-refractivity contribution in [1.82, 2.24) is 4.57 Å². The molecule has 0 unspecified atom stereocenters. The first-order chi connectivity index (χ1) is 11.3. The van der Waals surface area contributed by atoms with Gasteiger partial charge in [-0.3, -0.25) is 4.79 Å². The molecule has 1 aromatic heterocycles. The summed E-state index contributed by atoms with van der Waals surface area (Å²) in [6, 6.07) is 10.5. The van der Waals surface area contributed by atoms with Crippen LogP contribution in [0.2, 0.25) is 0 Å². The smallest absolute Gasteiger partial charge is 0.252 e. The average molecular weight is 338 g/mol. The van der Waals surface area contributed by atoms with E-state index in [4.69, 9.17) is 0 Å². The monoisotopic (exact) mass is 338 g/mol. The Labute approximate surface area is 146 Å².